The van der Waals surface area contributed by atoms with Crippen molar-refractivity contribution in [3.63, 3.8) is 0 Å². The maximum Gasteiger partial charge on any atom is 0.308 e. The van der Waals surface area contributed by atoms with Crippen molar-refractivity contribution in [3.05, 3.63) is 0 Å². The van der Waals surface area contributed by atoms with Crippen molar-refractivity contribution in [2.75, 3.05) is 7.05 Å². The van der Waals surface area contributed by atoms with Gasteiger partial charge in [0, 0.05) is 13.5 Å². The third-order valence-corrected chi connectivity index (χ3v) is 13.2. The molecule has 3 N–H and O–H groups in total. The minimum atomic E-state index is -3.78. The van der Waals surface area contributed by atoms with Crippen LogP contribution in [0.1, 0.15) is 105 Å². The Morgan fingerprint density at radius 1 is 1.05 bits per heavy atom. The van der Waals surface area contributed by atoms with E-state index in [-0.39, 0.29) is 47.3 Å². The Labute approximate surface area is 236 Å². The maximum atomic E-state index is 12.5. The fourth-order valence-corrected chi connectivity index (χ4v) is 10.0. The summed E-state index contributed by atoms with van der Waals surface area (Å²) < 4.78 is 33.4. The van der Waals surface area contributed by atoms with Crippen molar-refractivity contribution in [1.29, 1.82) is 0 Å². The summed E-state index contributed by atoms with van der Waals surface area (Å²) in [5, 5.41) is 11.8. The van der Waals surface area contributed by atoms with Crippen LogP contribution < -0.4 is 9.44 Å². The average Bonchev–Trinajstić information content (AvgIpc) is 3.26. The van der Waals surface area contributed by atoms with Gasteiger partial charge >= 0.3 is 16.2 Å². The zero-order valence-electron chi connectivity index (χ0n) is 24.9. The smallest absolute Gasteiger partial charge is 0.308 e. The Morgan fingerprint density at radius 2 is 1.77 bits per heavy atom. The molecule has 0 aliphatic heterocycles. The molecule has 4 saturated carbocycles. The molecule has 39 heavy (non-hydrogen) atoms. The van der Waals surface area contributed by atoms with Gasteiger partial charge in [0.1, 0.15) is 6.10 Å². The van der Waals surface area contributed by atoms with E-state index in [9.17, 15) is 23.1 Å². The number of amides is 1. The zero-order chi connectivity index (χ0) is 28.8. The van der Waals surface area contributed by atoms with E-state index in [1.54, 1.807) is 0 Å². The molecule has 11 unspecified atom stereocenters. The number of carbonyl (C=O) groups excluding carboxylic acids is 2. The summed E-state index contributed by atoms with van der Waals surface area (Å²) in [6.07, 6.45) is 9.46. The van der Waals surface area contributed by atoms with Crippen LogP contribution in [0.4, 0.5) is 0 Å². The first-order valence-corrected chi connectivity index (χ1v) is 16.9. The topological polar surface area (TPSA) is 122 Å². The number of aliphatic hydroxyl groups is 1. The van der Waals surface area contributed by atoms with Gasteiger partial charge in [-0.1, -0.05) is 34.6 Å². The van der Waals surface area contributed by atoms with Crippen LogP contribution in [0.25, 0.3) is 0 Å². The van der Waals surface area contributed by atoms with Crippen molar-refractivity contribution in [2.24, 2.45) is 52.3 Å². The number of aliphatic hydroxyl groups excluding tert-OH is 1. The molecule has 0 saturated heterocycles. The molecule has 4 rings (SSSR count). The molecule has 224 valence electrons. The molecule has 4 fully saturated rings. The van der Waals surface area contributed by atoms with Crippen LogP contribution in [0.5, 0.6) is 0 Å². The molecule has 0 heterocycles. The van der Waals surface area contributed by atoms with E-state index in [4.69, 9.17) is 4.74 Å². The number of hydrogen-bond acceptors (Lipinski definition) is 6. The van der Waals surface area contributed by atoms with E-state index in [0.29, 0.717) is 36.0 Å². The van der Waals surface area contributed by atoms with E-state index in [1.807, 2.05) is 13.8 Å². The first kappa shape index (κ1) is 30.8. The lowest BCUT2D eigenvalue weighted by atomic mass is 9.43. The molecule has 0 spiro atoms. The van der Waals surface area contributed by atoms with Gasteiger partial charge in [-0.25, -0.2) is 9.44 Å². The lowest BCUT2D eigenvalue weighted by Gasteiger charge is -2.62. The maximum absolute atomic E-state index is 12.5. The summed E-state index contributed by atoms with van der Waals surface area (Å²) >= 11 is 0. The highest BCUT2D eigenvalue weighted by molar-refractivity contribution is 7.88. The first-order chi connectivity index (χ1) is 18.3. The Balaban J connectivity index is 1.41. The van der Waals surface area contributed by atoms with E-state index >= 15 is 0 Å². The number of hydrogen-bond donors (Lipinski definition) is 3. The number of ether oxygens (including phenoxy) is 1. The lowest BCUT2D eigenvalue weighted by Crippen LogP contribution is -2.59. The molecule has 0 aromatic rings. The van der Waals surface area contributed by atoms with Crippen molar-refractivity contribution in [1.82, 2.24) is 9.44 Å². The largest absolute Gasteiger partial charge is 0.462 e. The second-order valence-electron chi connectivity index (χ2n) is 13.8. The van der Waals surface area contributed by atoms with Crippen molar-refractivity contribution >= 4 is 22.1 Å². The van der Waals surface area contributed by atoms with Crippen LogP contribution in [0, 0.1) is 52.3 Å². The molecule has 0 aromatic carbocycles. The minimum Gasteiger partial charge on any atom is -0.462 e. The van der Waals surface area contributed by atoms with Gasteiger partial charge in [0.25, 0.3) is 0 Å². The van der Waals surface area contributed by atoms with E-state index in [2.05, 4.69) is 30.2 Å². The Morgan fingerprint density at radius 3 is 2.44 bits per heavy atom. The van der Waals surface area contributed by atoms with Crippen LogP contribution in [0.2, 0.25) is 0 Å². The minimum absolute atomic E-state index is 0.0249. The Bertz CT molecular complexity index is 1020. The van der Waals surface area contributed by atoms with Crippen LogP contribution in [-0.2, 0) is 24.5 Å². The number of carbonyl (C=O) groups is 2. The number of rotatable bonds is 9. The summed E-state index contributed by atoms with van der Waals surface area (Å²) in [7, 11) is -2.51. The predicted octanol–water partition coefficient (Wildman–Crippen LogP) is 4.57. The van der Waals surface area contributed by atoms with Crippen LogP contribution in [-0.4, -0.2) is 44.7 Å². The molecule has 0 aromatic heterocycles. The summed E-state index contributed by atoms with van der Waals surface area (Å²) in [6, 6.07) is 0. The van der Waals surface area contributed by atoms with Gasteiger partial charge in [-0.05, 0) is 111 Å². The molecule has 8 nitrogen and oxygen atoms in total. The van der Waals surface area contributed by atoms with Crippen LogP contribution in [0.3, 0.4) is 0 Å². The van der Waals surface area contributed by atoms with Crippen LogP contribution >= 0.6 is 0 Å². The number of esters is 1. The van der Waals surface area contributed by atoms with Crippen molar-refractivity contribution in [2.45, 2.75) is 117 Å². The van der Waals surface area contributed by atoms with Crippen molar-refractivity contribution < 1.29 is 27.9 Å². The summed E-state index contributed by atoms with van der Waals surface area (Å²) in [6.45, 7) is 10.9. The monoisotopic (exact) mass is 568 g/mol. The molecule has 1 amide bonds. The Kier molecular flexibility index (Phi) is 9.14. The molecular formula is C30H52N2O6S. The van der Waals surface area contributed by atoms with Gasteiger partial charge < -0.3 is 9.84 Å². The highest BCUT2D eigenvalue weighted by Gasteiger charge is 2.63. The Hall–Kier alpha value is -1.19. The third kappa shape index (κ3) is 5.78. The van der Waals surface area contributed by atoms with Crippen LogP contribution in [0.15, 0.2) is 0 Å². The highest BCUT2D eigenvalue weighted by Crippen LogP contribution is 2.68. The van der Waals surface area contributed by atoms with Gasteiger partial charge in [0.2, 0.25) is 5.91 Å². The fraction of sp³-hybridized carbons (Fsp3) is 0.933. The molecule has 4 aliphatic rings. The quantitative estimate of drug-likeness (QED) is 0.350. The third-order valence-electron chi connectivity index (χ3n) is 12.1. The second-order valence-corrected chi connectivity index (χ2v) is 15.5. The number of fused-ring (bicyclic) bond motifs is 5. The molecule has 9 heteroatoms. The highest BCUT2D eigenvalue weighted by atomic mass is 32.2. The molecule has 4 aliphatic carbocycles. The number of nitrogens with one attached hydrogen (secondary N) is 2. The molecule has 0 radical (unpaired) electrons. The first-order valence-electron chi connectivity index (χ1n) is 15.4. The standard InChI is InChI=1S/C30H52N2O6S/c1-7-18(2)28(35)38-21-14-15-29(4)20(16-21)9-10-22-24-12-11-23(30(24,5)26(33)17-25(22)29)19(3)8-13-27(34)32-39(36,37)31-6/h18-26,31,33H,7-17H2,1-6H3,(H,32,34). The van der Waals surface area contributed by atoms with Gasteiger partial charge in [-0.15, -0.1) is 0 Å². The summed E-state index contributed by atoms with van der Waals surface area (Å²) in [4.78, 5) is 24.7. The van der Waals surface area contributed by atoms with Gasteiger partial charge in [-0.3, -0.25) is 9.59 Å². The summed E-state index contributed by atoms with van der Waals surface area (Å²) in [5.41, 5.74) is -0.00850. The SMILES string of the molecule is CCC(C)C(=O)OC1CCC2(C)C(CCC3C2CC(O)C2(C)C(C(C)CCC(=O)NS(=O)(=O)NC)CCC32)C1. The summed E-state index contributed by atoms with van der Waals surface area (Å²) in [5.74, 6) is 2.02. The second kappa shape index (κ2) is 11.6. The van der Waals surface area contributed by atoms with Gasteiger partial charge in [0.05, 0.1) is 12.0 Å². The zero-order valence-corrected chi connectivity index (χ0v) is 25.7. The average molecular weight is 569 g/mol. The lowest BCUT2D eigenvalue weighted by molar-refractivity contribution is -0.183. The predicted molar refractivity (Wildman–Crippen MR) is 150 cm³/mol. The molecule has 0 bridgehead atoms. The van der Waals surface area contributed by atoms with E-state index < -0.39 is 16.1 Å². The molecular weight excluding hydrogens is 516 g/mol. The van der Waals surface area contributed by atoms with E-state index in [1.165, 1.54) is 13.5 Å². The molecule has 11 atom stereocenters. The van der Waals surface area contributed by atoms with E-state index in [0.717, 1.165) is 51.4 Å². The van der Waals surface area contributed by atoms with Gasteiger partial charge in [0.15, 0.2) is 0 Å². The normalized spacial score (nSPS) is 41.5. The van der Waals surface area contributed by atoms with Crippen molar-refractivity contribution in [3.8, 4) is 0 Å². The van der Waals surface area contributed by atoms with Gasteiger partial charge in [-0.2, -0.15) is 8.42 Å². The fourth-order valence-electron chi connectivity index (χ4n) is 9.51.